The van der Waals surface area contributed by atoms with Crippen LogP contribution in [0.4, 0.5) is 4.39 Å². The van der Waals surface area contributed by atoms with Crippen LogP contribution in [0.15, 0.2) is 18.2 Å². The Balaban J connectivity index is 2.58. The van der Waals surface area contributed by atoms with Gasteiger partial charge in [0.15, 0.2) is 0 Å². The van der Waals surface area contributed by atoms with Gasteiger partial charge < -0.3 is 5.11 Å². The van der Waals surface area contributed by atoms with Crippen molar-refractivity contribution in [3.05, 3.63) is 33.1 Å². The van der Waals surface area contributed by atoms with Gasteiger partial charge in [-0.05, 0) is 53.1 Å². The molecule has 0 fully saturated rings. The van der Waals surface area contributed by atoms with E-state index in [9.17, 15) is 17.9 Å². The summed E-state index contributed by atoms with van der Waals surface area (Å²) in [7, 11) is -2.99. The summed E-state index contributed by atoms with van der Waals surface area (Å²) in [5.41, 5.74) is 0.644. The second-order valence-corrected chi connectivity index (χ2v) is 7.70. The fraction of sp³-hybridized carbons (Fsp3) is 0.500. The molecule has 0 saturated carbocycles. The molecule has 0 bridgehead atoms. The molecule has 6 heteroatoms. The highest BCUT2D eigenvalue weighted by Gasteiger charge is 2.14. The zero-order valence-corrected chi connectivity index (χ0v) is 13.0. The van der Waals surface area contributed by atoms with Crippen LogP contribution in [0, 0.1) is 9.39 Å². The average Bonchev–Trinajstić information content (AvgIpc) is 2.28. The van der Waals surface area contributed by atoms with Crippen molar-refractivity contribution in [1.29, 1.82) is 0 Å². The van der Waals surface area contributed by atoms with Gasteiger partial charge in [-0.15, -0.1) is 0 Å². The Morgan fingerprint density at radius 2 is 2.11 bits per heavy atom. The molecular formula is C12H16FIO3S. The van der Waals surface area contributed by atoms with Gasteiger partial charge >= 0.3 is 0 Å². The quantitative estimate of drug-likeness (QED) is 0.765. The van der Waals surface area contributed by atoms with Crippen molar-refractivity contribution in [2.75, 3.05) is 11.5 Å². The van der Waals surface area contributed by atoms with Crippen molar-refractivity contribution < 1.29 is 17.9 Å². The smallest absolute Gasteiger partial charge is 0.150 e. The van der Waals surface area contributed by atoms with Gasteiger partial charge in [-0.1, -0.05) is 13.0 Å². The lowest BCUT2D eigenvalue weighted by Crippen LogP contribution is -2.10. The number of hydrogen-bond acceptors (Lipinski definition) is 3. The van der Waals surface area contributed by atoms with Gasteiger partial charge in [-0.2, -0.15) is 0 Å². The highest BCUT2D eigenvalue weighted by molar-refractivity contribution is 14.1. The zero-order valence-electron chi connectivity index (χ0n) is 10.1. The Hall–Kier alpha value is -0.210. The molecule has 1 aromatic rings. The van der Waals surface area contributed by atoms with Crippen LogP contribution in [0.5, 0.6) is 0 Å². The maximum Gasteiger partial charge on any atom is 0.150 e. The number of rotatable bonds is 6. The van der Waals surface area contributed by atoms with E-state index in [1.54, 1.807) is 6.92 Å². The van der Waals surface area contributed by atoms with Crippen molar-refractivity contribution in [3.63, 3.8) is 0 Å². The number of halogens is 2. The van der Waals surface area contributed by atoms with E-state index in [1.807, 2.05) is 22.6 Å². The SMILES string of the molecule is CCS(=O)(=O)CCCC(O)c1ccc(F)cc1I. The predicted octanol–water partition coefficient (Wildman–Crippen LogP) is 2.68. The Morgan fingerprint density at radius 1 is 1.44 bits per heavy atom. The minimum Gasteiger partial charge on any atom is -0.388 e. The largest absolute Gasteiger partial charge is 0.388 e. The number of hydrogen-bond donors (Lipinski definition) is 1. The minimum absolute atomic E-state index is 0.0817. The molecule has 0 saturated heterocycles. The van der Waals surface area contributed by atoms with Crippen LogP contribution in [0.3, 0.4) is 0 Å². The molecular weight excluding hydrogens is 370 g/mol. The van der Waals surface area contributed by atoms with E-state index in [0.717, 1.165) is 0 Å². The summed E-state index contributed by atoms with van der Waals surface area (Å²) in [6.07, 6.45) is 0.0237. The van der Waals surface area contributed by atoms with E-state index in [4.69, 9.17) is 0 Å². The normalized spacial score (nSPS) is 13.6. The summed E-state index contributed by atoms with van der Waals surface area (Å²) in [4.78, 5) is 0. The zero-order chi connectivity index (χ0) is 13.8. The van der Waals surface area contributed by atoms with E-state index in [1.165, 1.54) is 18.2 Å². The summed E-state index contributed by atoms with van der Waals surface area (Å²) in [6.45, 7) is 1.61. The van der Waals surface area contributed by atoms with Gasteiger partial charge in [-0.25, -0.2) is 12.8 Å². The summed E-state index contributed by atoms with van der Waals surface area (Å²) in [5.74, 6) is -0.140. The second-order valence-electron chi connectivity index (χ2n) is 4.06. The van der Waals surface area contributed by atoms with Crippen LogP contribution in [-0.2, 0) is 9.84 Å². The van der Waals surface area contributed by atoms with Gasteiger partial charge in [0, 0.05) is 9.32 Å². The highest BCUT2D eigenvalue weighted by Crippen LogP contribution is 2.24. The van der Waals surface area contributed by atoms with E-state index in [0.29, 0.717) is 22.0 Å². The molecule has 1 aromatic carbocycles. The van der Waals surface area contributed by atoms with Gasteiger partial charge in [0.1, 0.15) is 15.7 Å². The molecule has 0 aliphatic carbocycles. The van der Waals surface area contributed by atoms with Crippen molar-refractivity contribution in [2.24, 2.45) is 0 Å². The van der Waals surface area contributed by atoms with Gasteiger partial charge in [0.2, 0.25) is 0 Å². The maximum absolute atomic E-state index is 12.9. The second kappa shape index (κ2) is 6.81. The van der Waals surface area contributed by atoms with Crippen molar-refractivity contribution in [3.8, 4) is 0 Å². The lowest BCUT2D eigenvalue weighted by Gasteiger charge is -2.12. The molecule has 1 N–H and O–H groups in total. The van der Waals surface area contributed by atoms with Crippen LogP contribution < -0.4 is 0 Å². The standard InChI is InChI=1S/C12H16FIO3S/c1-2-18(16,17)7-3-4-12(15)10-6-5-9(13)8-11(10)14/h5-6,8,12,15H,2-4,7H2,1H3. The molecule has 3 nitrogen and oxygen atoms in total. The molecule has 0 amide bonds. The molecule has 0 aliphatic heterocycles. The van der Waals surface area contributed by atoms with Crippen LogP contribution in [-0.4, -0.2) is 25.0 Å². The van der Waals surface area contributed by atoms with Gasteiger partial charge in [0.25, 0.3) is 0 Å². The summed E-state index contributed by atoms with van der Waals surface area (Å²) in [6, 6.07) is 4.18. The molecule has 1 rings (SSSR count). The first-order valence-electron chi connectivity index (χ1n) is 5.69. The predicted molar refractivity (Wildman–Crippen MR) is 77.6 cm³/mol. The van der Waals surface area contributed by atoms with Crippen molar-refractivity contribution in [2.45, 2.75) is 25.9 Å². The molecule has 1 unspecified atom stereocenters. The number of aliphatic hydroxyl groups is 1. The first kappa shape index (κ1) is 15.8. The maximum atomic E-state index is 12.9. The number of aliphatic hydroxyl groups excluding tert-OH is 1. The first-order valence-corrected chi connectivity index (χ1v) is 8.59. The molecule has 0 spiro atoms. The van der Waals surface area contributed by atoms with Crippen LogP contribution in [0.1, 0.15) is 31.4 Å². The third-order valence-corrected chi connectivity index (χ3v) is 5.42. The average molecular weight is 386 g/mol. The Morgan fingerprint density at radius 3 is 2.67 bits per heavy atom. The molecule has 102 valence electrons. The molecule has 0 radical (unpaired) electrons. The van der Waals surface area contributed by atoms with E-state index in [-0.39, 0.29) is 17.3 Å². The van der Waals surface area contributed by atoms with Crippen molar-refractivity contribution >= 4 is 32.4 Å². The third-order valence-electron chi connectivity index (χ3n) is 2.69. The molecule has 0 aliphatic rings. The summed E-state index contributed by atoms with van der Waals surface area (Å²) < 4.78 is 36.1. The number of benzene rings is 1. The minimum atomic E-state index is -2.99. The lowest BCUT2D eigenvalue weighted by atomic mass is 10.1. The summed E-state index contributed by atoms with van der Waals surface area (Å²) >= 11 is 1.96. The van der Waals surface area contributed by atoms with Crippen LogP contribution >= 0.6 is 22.6 Å². The van der Waals surface area contributed by atoms with Crippen LogP contribution in [0.25, 0.3) is 0 Å². The fourth-order valence-corrected chi connectivity index (χ4v) is 3.30. The molecule has 0 aromatic heterocycles. The van der Waals surface area contributed by atoms with Crippen molar-refractivity contribution in [1.82, 2.24) is 0 Å². The topological polar surface area (TPSA) is 54.4 Å². The lowest BCUT2D eigenvalue weighted by molar-refractivity contribution is 0.166. The highest BCUT2D eigenvalue weighted by atomic mass is 127. The monoisotopic (exact) mass is 386 g/mol. The van der Waals surface area contributed by atoms with E-state index < -0.39 is 15.9 Å². The Labute approximate surface area is 120 Å². The molecule has 18 heavy (non-hydrogen) atoms. The Bertz CT molecular complexity index is 502. The fourth-order valence-electron chi connectivity index (χ4n) is 1.57. The molecule has 1 atom stereocenters. The summed E-state index contributed by atoms with van der Waals surface area (Å²) in [5, 5.41) is 9.94. The van der Waals surface area contributed by atoms with Gasteiger partial charge in [-0.3, -0.25) is 0 Å². The number of sulfone groups is 1. The van der Waals surface area contributed by atoms with Gasteiger partial charge in [0.05, 0.1) is 11.9 Å². The Kier molecular flexibility index (Phi) is 6.00. The van der Waals surface area contributed by atoms with E-state index >= 15 is 0 Å². The van der Waals surface area contributed by atoms with E-state index in [2.05, 4.69) is 0 Å². The molecule has 0 heterocycles. The first-order chi connectivity index (χ1) is 8.35. The third kappa shape index (κ3) is 4.81. The van der Waals surface area contributed by atoms with Crippen LogP contribution in [0.2, 0.25) is 0 Å².